The second-order valence-electron chi connectivity index (χ2n) is 6.84. The van der Waals surface area contributed by atoms with E-state index in [9.17, 15) is 0 Å². The number of hydrogen-bond acceptors (Lipinski definition) is 2. The molecule has 118 valence electrons. The van der Waals surface area contributed by atoms with Gasteiger partial charge in [0.2, 0.25) is 0 Å². The molecule has 2 heteroatoms. The van der Waals surface area contributed by atoms with E-state index in [0.717, 1.165) is 6.54 Å². The van der Waals surface area contributed by atoms with E-state index in [-0.39, 0.29) is 0 Å². The van der Waals surface area contributed by atoms with Gasteiger partial charge in [0.1, 0.15) is 0 Å². The summed E-state index contributed by atoms with van der Waals surface area (Å²) in [5, 5.41) is 3.76. The number of nitrogens with zero attached hydrogens (tertiary/aromatic N) is 1. The largest absolute Gasteiger partial charge is 0.309 e. The van der Waals surface area contributed by atoms with E-state index in [4.69, 9.17) is 0 Å². The standard InChI is InChI=1S/C19H32N2/c1-6-20-19-17-12-8-7-10-16(17)11-9-13-18(19)21(5)15(4)14(2)3/h7-8,10,12,14-15,18-20H,6,9,11,13H2,1-5H3. The van der Waals surface area contributed by atoms with Crippen LogP contribution in [0.15, 0.2) is 24.3 Å². The molecule has 0 bridgehead atoms. The van der Waals surface area contributed by atoms with Crippen LogP contribution >= 0.6 is 0 Å². The first-order chi connectivity index (χ1) is 10.1. The van der Waals surface area contributed by atoms with Crippen molar-refractivity contribution in [3.8, 4) is 0 Å². The topological polar surface area (TPSA) is 15.3 Å². The zero-order valence-corrected chi connectivity index (χ0v) is 14.4. The van der Waals surface area contributed by atoms with Crippen LogP contribution in [0.3, 0.4) is 0 Å². The molecule has 0 saturated heterocycles. The lowest BCUT2D eigenvalue weighted by atomic mass is 9.93. The average molecular weight is 288 g/mol. The van der Waals surface area contributed by atoms with Crippen molar-refractivity contribution in [3.63, 3.8) is 0 Å². The number of rotatable bonds is 5. The molecule has 1 aliphatic rings. The lowest BCUT2D eigenvalue weighted by Crippen LogP contribution is -2.47. The molecule has 2 rings (SSSR count). The molecule has 0 amide bonds. The molecular formula is C19H32N2. The third-order valence-corrected chi connectivity index (χ3v) is 5.28. The fraction of sp³-hybridized carbons (Fsp3) is 0.684. The fourth-order valence-corrected chi connectivity index (χ4v) is 3.62. The highest BCUT2D eigenvalue weighted by Gasteiger charge is 2.32. The first-order valence-electron chi connectivity index (χ1n) is 8.59. The van der Waals surface area contributed by atoms with Gasteiger partial charge < -0.3 is 5.32 Å². The Kier molecular flexibility index (Phi) is 5.83. The van der Waals surface area contributed by atoms with Gasteiger partial charge in [-0.1, -0.05) is 45.0 Å². The van der Waals surface area contributed by atoms with Crippen LogP contribution in [0.4, 0.5) is 0 Å². The minimum absolute atomic E-state index is 0.458. The van der Waals surface area contributed by atoms with Crippen molar-refractivity contribution in [2.45, 2.75) is 65.1 Å². The molecule has 1 aromatic carbocycles. The summed E-state index contributed by atoms with van der Waals surface area (Å²) in [6.45, 7) is 10.3. The summed E-state index contributed by atoms with van der Waals surface area (Å²) in [6, 6.07) is 10.7. The second-order valence-corrected chi connectivity index (χ2v) is 6.84. The molecule has 0 saturated carbocycles. The van der Waals surface area contributed by atoms with Gasteiger partial charge in [0.05, 0.1) is 0 Å². The van der Waals surface area contributed by atoms with E-state index < -0.39 is 0 Å². The van der Waals surface area contributed by atoms with Crippen molar-refractivity contribution in [1.29, 1.82) is 0 Å². The average Bonchev–Trinajstić information content (AvgIpc) is 2.66. The van der Waals surface area contributed by atoms with Crippen LogP contribution in [0.1, 0.15) is 57.7 Å². The van der Waals surface area contributed by atoms with Crippen molar-refractivity contribution in [2.24, 2.45) is 5.92 Å². The Balaban J connectivity index is 2.31. The second kappa shape index (κ2) is 7.42. The van der Waals surface area contributed by atoms with Gasteiger partial charge >= 0.3 is 0 Å². The van der Waals surface area contributed by atoms with Crippen LogP contribution in [0.5, 0.6) is 0 Å². The highest BCUT2D eigenvalue weighted by atomic mass is 15.2. The quantitative estimate of drug-likeness (QED) is 0.823. The zero-order chi connectivity index (χ0) is 15.4. The molecule has 3 atom stereocenters. The monoisotopic (exact) mass is 288 g/mol. The molecule has 21 heavy (non-hydrogen) atoms. The highest BCUT2D eigenvalue weighted by Crippen LogP contribution is 2.33. The number of aryl methyl sites for hydroxylation is 1. The number of hydrogen-bond donors (Lipinski definition) is 1. The minimum Gasteiger partial charge on any atom is -0.309 e. The van der Waals surface area contributed by atoms with Crippen molar-refractivity contribution in [3.05, 3.63) is 35.4 Å². The van der Waals surface area contributed by atoms with Gasteiger partial charge in [-0.05, 0) is 56.8 Å². The smallest absolute Gasteiger partial charge is 0.0480 e. The minimum atomic E-state index is 0.458. The molecule has 1 N–H and O–H groups in total. The zero-order valence-electron chi connectivity index (χ0n) is 14.4. The van der Waals surface area contributed by atoms with Crippen molar-refractivity contribution >= 4 is 0 Å². The van der Waals surface area contributed by atoms with Crippen LogP contribution < -0.4 is 5.32 Å². The molecular weight excluding hydrogens is 256 g/mol. The fourth-order valence-electron chi connectivity index (χ4n) is 3.62. The summed E-state index contributed by atoms with van der Waals surface area (Å²) < 4.78 is 0. The molecule has 0 spiro atoms. The van der Waals surface area contributed by atoms with Crippen LogP contribution in [-0.2, 0) is 6.42 Å². The maximum Gasteiger partial charge on any atom is 0.0480 e. The summed E-state index contributed by atoms with van der Waals surface area (Å²) in [5.74, 6) is 0.691. The van der Waals surface area contributed by atoms with Gasteiger partial charge in [0, 0.05) is 18.1 Å². The third-order valence-electron chi connectivity index (χ3n) is 5.28. The van der Waals surface area contributed by atoms with E-state index in [0.29, 0.717) is 24.0 Å². The maximum absolute atomic E-state index is 3.76. The van der Waals surface area contributed by atoms with Crippen molar-refractivity contribution in [1.82, 2.24) is 10.2 Å². The molecule has 0 aromatic heterocycles. The van der Waals surface area contributed by atoms with Gasteiger partial charge in [0.25, 0.3) is 0 Å². The lowest BCUT2D eigenvalue weighted by Gasteiger charge is -2.40. The highest BCUT2D eigenvalue weighted by molar-refractivity contribution is 5.32. The molecule has 3 unspecified atom stereocenters. The van der Waals surface area contributed by atoms with Gasteiger partial charge in [0.15, 0.2) is 0 Å². The van der Waals surface area contributed by atoms with E-state index in [1.54, 1.807) is 0 Å². The predicted molar refractivity (Wildman–Crippen MR) is 91.6 cm³/mol. The van der Waals surface area contributed by atoms with Crippen molar-refractivity contribution < 1.29 is 0 Å². The molecule has 1 aliphatic carbocycles. The summed E-state index contributed by atoms with van der Waals surface area (Å²) in [6.07, 6.45) is 3.79. The van der Waals surface area contributed by atoms with E-state index >= 15 is 0 Å². The van der Waals surface area contributed by atoms with Gasteiger partial charge in [-0.25, -0.2) is 0 Å². The van der Waals surface area contributed by atoms with Gasteiger partial charge in [-0.3, -0.25) is 4.90 Å². The third kappa shape index (κ3) is 3.67. The Morgan fingerprint density at radius 3 is 2.62 bits per heavy atom. The van der Waals surface area contributed by atoms with Crippen LogP contribution in [0.2, 0.25) is 0 Å². The van der Waals surface area contributed by atoms with Gasteiger partial charge in [-0.15, -0.1) is 0 Å². The number of fused-ring (bicyclic) bond motifs is 1. The van der Waals surface area contributed by atoms with Crippen molar-refractivity contribution in [2.75, 3.05) is 13.6 Å². The molecule has 0 fully saturated rings. The lowest BCUT2D eigenvalue weighted by molar-refractivity contribution is 0.112. The Bertz CT molecular complexity index is 441. The Hall–Kier alpha value is -0.860. The first kappa shape index (κ1) is 16.5. The summed E-state index contributed by atoms with van der Waals surface area (Å²) in [7, 11) is 2.31. The maximum atomic E-state index is 3.76. The predicted octanol–water partition coefficient (Wildman–Crippen LogP) is 4.02. The van der Waals surface area contributed by atoms with Crippen LogP contribution in [0.25, 0.3) is 0 Å². The Morgan fingerprint density at radius 2 is 1.95 bits per heavy atom. The molecule has 1 aromatic rings. The summed E-state index contributed by atoms with van der Waals surface area (Å²) >= 11 is 0. The normalized spacial score (nSPS) is 24.0. The Labute approximate surface area is 130 Å². The number of nitrogens with one attached hydrogen (secondary N) is 1. The number of benzene rings is 1. The first-order valence-corrected chi connectivity index (χ1v) is 8.59. The summed E-state index contributed by atoms with van der Waals surface area (Å²) in [4.78, 5) is 2.61. The van der Waals surface area contributed by atoms with E-state index in [1.807, 2.05) is 0 Å². The molecule has 0 aliphatic heterocycles. The molecule has 2 nitrogen and oxygen atoms in total. The van der Waals surface area contributed by atoms with Crippen LogP contribution in [0, 0.1) is 5.92 Å². The number of likely N-dealkylation sites (N-methyl/N-ethyl adjacent to an activating group) is 2. The van der Waals surface area contributed by atoms with Crippen LogP contribution in [-0.4, -0.2) is 30.6 Å². The van der Waals surface area contributed by atoms with Gasteiger partial charge in [-0.2, -0.15) is 0 Å². The van der Waals surface area contributed by atoms with E-state index in [2.05, 4.69) is 69.2 Å². The molecule has 0 heterocycles. The molecule has 0 radical (unpaired) electrons. The Morgan fingerprint density at radius 1 is 1.24 bits per heavy atom. The van der Waals surface area contributed by atoms with E-state index in [1.165, 1.54) is 30.4 Å². The SMILES string of the molecule is CCNC1c2ccccc2CCCC1N(C)C(C)C(C)C. The summed E-state index contributed by atoms with van der Waals surface area (Å²) in [5.41, 5.74) is 3.06.